The number of hydrogen-bond donors (Lipinski definition) is 2. The number of aromatic nitrogens is 2. The lowest BCUT2D eigenvalue weighted by Gasteiger charge is -1.99. The molecule has 0 saturated carbocycles. The minimum Gasteiger partial charge on any atom is -0.459 e. The predicted molar refractivity (Wildman–Crippen MR) is 75.3 cm³/mol. The molecule has 5 heteroatoms. The minimum atomic E-state index is -0.207. The van der Waals surface area contributed by atoms with Gasteiger partial charge in [0.1, 0.15) is 17.0 Å². The molecule has 0 saturated heterocycles. The van der Waals surface area contributed by atoms with Crippen molar-refractivity contribution in [3.63, 3.8) is 0 Å². The van der Waals surface area contributed by atoms with Crippen molar-refractivity contribution >= 4 is 16.9 Å². The van der Waals surface area contributed by atoms with E-state index in [9.17, 15) is 4.79 Å². The summed E-state index contributed by atoms with van der Waals surface area (Å²) >= 11 is 0. The van der Waals surface area contributed by atoms with Gasteiger partial charge in [-0.05, 0) is 24.6 Å². The van der Waals surface area contributed by atoms with E-state index in [1.807, 2.05) is 37.3 Å². The Kier molecular flexibility index (Phi) is 3.25. The number of para-hydroxylation sites is 1. The molecule has 0 fully saturated rings. The molecule has 3 aromatic rings. The van der Waals surface area contributed by atoms with Crippen LogP contribution in [0.25, 0.3) is 11.0 Å². The molecule has 0 aliphatic heterocycles. The third-order valence-electron chi connectivity index (χ3n) is 3.14. The number of H-pyrrole nitrogens is 1. The lowest BCUT2D eigenvalue weighted by atomic mass is 10.2. The molecule has 2 aromatic heterocycles. The number of hydrogen-bond acceptors (Lipinski definition) is 3. The molecule has 0 unspecified atom stereocenters. The zero-order valence-corrected chi connectivity index (χ0v) is 11.1. The van der Waals surface area contributed by atoms with E-state index < -0.39 is 0 Å². The Bertz CT molecular complexity index is 709. The lowest BCUT2D eigenvalue weighted by Crippen LogP contribution is -2.22. The Labute approximate surface area is 116 Å². The highest BCUT2D eigenvalue weighted by Crippen LogP contribution is 2.18. The van der Waals surface area contributed by atoms with Crippen LogP contribution in [-0.4, -0.2) is 16.1 Å². The molecule has 2 heterocycles. The van der Waals surface area contributed by atoms with Gasteiger partial charge >= 0.3 is 0 Å². The first-order chi connectivity index (χ1) is 9.76. The van der Waals surface area contributed by atoms with Gasteiger partial charge in [-0.1, -0.05) is 25.1 Å². The van der Waals surface area contributed by atoms with Gasteiger partial charge < -0.3 is 9.73 Å². The highest BCUT2D eigenvalue weighted by molar-refractivity contribution is 5.92. The Morgan fingerprint density at radius 1 is 1.35 bits per heavy atom. The third-order valence-corrected chi connectivity index (χ3v) is 3.14. The summed E-state index contributed by atoms with van der Waals surface area (Å²) in [5.74, 6) is 0.521. The lowest BCUT2D eigenvalue weighted by molar-refractivity contribution is 0.0943. The number of amides is 1. The van der Waals surface area contributed by atoms with Crippen molar-refractivity contribution in [3.05, 3.63) is 53.5 Å². The summed E-state index contributed by atoms with van der Waals surface area (Å²) in [6, 6.07) is 11.4. The zero-order chi connectivity index (χ0) is 13.9. The van der Waals surface area contributed by atoms with Crippen molar-refractivity contribution in [3.8, 4) is 0 Å². The summed E-state index contributed by atoms with van der Waals surface area (Å²) in [7, 11) is 0. The van der Waals surface area contributed by atoms with Crippen LogP contribution in [0.1, 0.15) is 28.9 Å². The molecule has 102 valence electrons. The largest absolute Gasteiger partial charge is 0.459 e. The molecule has 0 aliphatic rings. The second-order valence-electron chi connectivity index (χ2n) is 4.57. The van der Waals surface area contributed by atoms with Gasteiger partial charge in [-0.15, -0.1) is 0 Å². The highest BCUT2D eigenvalue weighted by Gasteiger charge is 2.10. The van der Waals surface area contributed by atoms with Crippen LogP contribution >= 0.6 is 0 Å². The summed E-state index contributed by atoms with van der Waals surface area (Å²) in [6.07, 6.45) is 0.823. The number of fused-ring (bicyclic) bond motifs is 1. The molecule has 20 heavy (non-hydrogen) atoms. The Morgan fingerprint density at radius 3 is 2.95 bits per heavy atom. The fourth-order valence-corrected chi connectivity index (χ4v) is 2.04. The number of furan rings is 1. The van der Waals surface area contributed by atoms with Crippen LogP contribution in [0.4, 0.5) is 0 Å². The molecular formula is C15H15N3O2. The Morgan fingerprint density at radius 2 is 2.20 bits per heavy atom. The number of aromatic amines is 1. The van der Waals surface area contributed by atoms with Gasteiger partial charge in [0.2, 0.25) is 0 Å². The van der Waals surface area contributed by atoms with E-state index in [2.05, 4.69) is 15.5 Å². The Balaban J connectivity index is 1.68. The standard InChI is InChI=1S/C15H15N3O2/c1-2-11-8-13(18-17-11)15(19)16-9-12-7-10-5-3-4-6-14(10)20-12/h3-8H,2,9H2,1H3,(H,16,19)(H,17,18). The minimum absolute atomic E-state index is 0.207. The van der Waals surface area contributed by atoms with Gasteiger partial charge in [-0.2, -0.15) is 5.10 Å². The molecule has 0 spiro atoms. The maximum absolute atomic E-state index is 11.9. The van der Waals surface area contributed by atoms with Gasteiger partial charge in [0, 0.05) is 11.1 Å². The van der Waals surface area contributed by atoms with Gasteiger partial charge in [0.05, 0.1) is 6.54 Å². The average molecular weight is 269 g/mol. The summed E-state index contributed by atoms with van der Waals surface area (Å²) < 4.78 is 5.64. The summed E-state index contributed by atoms with van der Waals surface area (Å²) in [6.45, 7) is 2.35. The monoisotopic (exact) mass is 269 g/mol. The van der Waals surface area contributed by atoms with E-state index in [-0.39, 0.29) is 5.91 Å². The van der Waals surface area contributed by atoms with Crippen LogP contribution < -0.4 is 5.32 Å². The fourth-order valence-electron chi connectivity index (χ4n) is 2.04. The van der Waals surface area contributed by atoms with Crippen molar-refractivity contribution in [1.29, 1.82) is 0 Å². The first-order valence-electron chi connectivity index (χ1n) is 6.56. The fraction of sp³-hybridized carbons (Fsp3) is 0.200. The SMILES string of the molecule is CCc1cc(C(=O)NCc2cc3ccccc3o2)n[nH]1. The third kappa shape index (κ3) is 2.42. The summed E-state index contributed by atoms with van der Waals surface area (Å²) in [5, 5.41) is 10.6. The van der Waals surface area contributed by atoms with Crippen molar-refractivity contribution in [2.24, 2.45) is 0 Å². The van der Waals surface area contributed by atoms with E-state index in [1.54, 1.807) is 6.07 Å². The Hall–Kier alpha value is -2.56. The normalized spacial score (nSPS) is 10.8. The smallest absolute Gasteiger partial charge is 0.272 e. The maximum Gasteiger partial charge on any atom is 0.272 e. The molecule has 3 rings (SSSR count). The number of nitrogens with zero attached hydrogens (tertiary/aromatic N) is 1. The van der Waals surface area contributed by atoms with Crippen LogP contribution in [0.2, 0.25) is 0 Å². The van der Waals surface area contributed by atoms with Crippen LogP contribution in [0.5, 0.6) is 0 Å². The molecule has 2 N–H and O–H groups in total. The first kappa shape index (κ1) is 12.5. The maximum atomic E-state index is 11.9. The molecule has 1 amide bonds. The van der Waals surface area contributed by atoms with E-state index >= 15 is 0 Å². The van der Waals surface area contributed by atoms with Crippen molar-refractivity contribution < 1.29 is 9.21 Å². The highest BCUT2D eigenvalue weighted by atomic mass is 16.3. The molecule has 0 atom stereocenters. The summed E-state index contributed by atoms with van der Waals surface area (Å²) in [5.41, 5.74) is 2.17. The van der Waals surface area contributed by atoms with Crippen LogP contribution in [0.15, 0.2) is 40.8 Å². The van der Waals surface area contributed by atoms with Crippen molar-refractivity contribution in [2.45, 2.75) is 19.9 Å². The number of nitrogens with one attached hydrogen (secondary N) is 2. The van der Waals surface area contributed by atoms with Crippen LogP contribution in [0, 0.1) is 0 Å². The molecule has 0 bridgehead atoms. The van der Waals surface area contributed by atoms with Gasteiger partial charge in [-0.25, -0.2) is 0 Å². The van der Waals surface area contributed by atoms with Gasteiger partial charge in [0.25, 0.3) is 5.91 Å². The molecular weight excluding hydrogens is 254 g/mol. The zero-order valence-electron chi connectivity index (χ0n) is 11.1. The summed E-state index contributed by atoms with van der Waals surface area (Å²) in [4.78, 5) is 11.9. The van der Waals surface area contributed by atoms with E-state index in [0.29, 0.717) is 12.2 Å². The molecule has 0 aliphatic carbocycles. The van der Waals surface area contributed by atoms with Crippen molar-refractivity contribution in [2.75, 3.05) is 0 Å². The predicted octanol–water partition coefficient (Wildman–Crippen LogP) is 2.65. The van der Waals surface area contributed by atoms with Gasteiger partial charge in [-0.3, -0.25) is 9.89 Å². The number of aryl methyl sites for hydroxylation is 1. The van der Waals surface area contributed by atoms with E-state index in [4.69, 9.17) is 4.42 Å². The van der Waals surface area contributed by atoms with E-state index in [1.165, 1.54) is 0 Å². The van der Waals surface area contributed by atoms with Gasteiger partial charge in [0.15, 0.2) is 0 Å². The second-order valence-corrected chi connectivity index (χ2v) is 4.57. The quantitative estimate of drug-likeness (QED) is 0.765. The van der Waals surface area contributed by atoms with E-state index in [0.717, 1.165) is 28.8 Å². The number of carbonyl (C=O) groups is 1. The first-order valence-corrected chi connectivity index (χ1v) is 6.56. The number of rotatable bonds is 4. The number of carbonyl (C=O) groups excluding carboxylic acids is 1. The topological polar surface area (TPSA) is 70.9 Å². The molecule has 0 radical (unpaired) electrons. The molecule has 1 aromatic carbocycles. The van der Waals surface area contributed by atoms with Crippen LogP contribution in [-0.2, 0) is 13.0 Å². The van der Waals surface area contributed by atoms with Crippen LogP contribution in [0.3, 0.4) is 0 Å². The average Bonchev–Trinajstić information content (AvgIpc) is 3.10. The molecule has 5 nitrogen and oxygen atoms in total. The number of benzene rings is 1. The van der Waals surface area contributed by atoms with Crippen molar-refractivity contribution in [1.82, 2.24) is 15.5 Å². The second kappa shape index (κ2) is 5.21.